The van der Waals surface area contributed by atoms with E-state index in [2.05, 4.69) is 0 Å². The van der Waals surface area contributed by atoms with Crippen LogP contribution >= 0.6 is 0 Å². The summed E-state index contributed by atoms with van der Waals surface area (Å²) in [5.74, 6) is -0.812. The van der Waals surface area contributed by atoms with Crippen LogP contribution in [0.4, 0.5) is 13.2 Å². The van der Waals surface area contributed by atoms with E-state index in [1.807, 2.05) is 0 Å². The minimum Gasteiger partial charge on any atom is -0.481 e. The minimum absolute atomic E-state index is 0.227. The third-order valence-corrected chi connectivity index (χ3v) is 2.56. The molecule has 1 aliphatic carbocycles. The molecule has 0 bridgehead atoms. The van der Waals surface area contributed by atoms with Gasteiger partial charge in [0.1, 0.15) is 0 Å². The van der Waals surface area contributed by atoms with E-state index in [9.17, 15) is 13.2 Å². The Morgan fingerprint density at radius 2 is 1.56 bits per heavy atom. The second-order valence-electron chi connectivity index (χ2n) is 3.79. The molecule has 94 valence electrons. The Kier molecular flexibility index (Phi) is 2.90. The highest BCUT2D eigenvalue weighted by molar-refractivity contribution is 5.81. The highest BCUT2D eigenvalue weighted by Gasteiger charge is 2.30. The fourth-order valence-electron chi connectivity index (χ4n) is 1.61. The molecular formula is C13H9F3O2. The monoisotopic (exact) mass is 254 g/mol. The number of alkyl halides is 3. The number of hydrogen-bond donors (Lipinski definition) is 2. The zero-order valence-corrected chi connectivity index (χ0v) is 9.07. The summed E-state index contributed by atoms with van der Waals surface area (Å²) in [4.78, 5) is 0. The molecule has 0 radical (unpaired) electrons. The van der Waals surface area contributed by atoms with Crippen molar-refractivity contribution in [2.24, 2.45) is 0 Å². The Morgan fingerprint density at radius 3 is 2.00 bits per heavy atom. The number of hydrogen-bond acceptors (Lipinski definition) is 2. The maximum Gasteiger partial charge on any atom is 0.416 e. The van der Waals surface area contributed by atoms with Crippen LogP contribution in [-0.2, 0) is 6.18 Å². The van der Waals surface area contributed by atoms with Crippen molar-refractivity contribution in [2.45, 2.75) is 6.18 Å². The highest BCUT2D eigenvalue weighted by atomic mass is 19.4. The molecule has 2 nitrogen and oxygen atoms in total. The second-order valence-corrected chi connectivity index (χ2v) is 3.79. The SMILES string of the molecule is OC(O)=C1C=CC(c2ccc(C(F)(F)F)cc2)=C1. The largest absolute Gasteiger partial charge is 0.481 e. The summed E-state index contributed by atoms with van der Waals surface area (Å²) in [6, 6.07) is 4.67. The van der Waals surface area contributed by atoms with E-state index in [1.54, 1.807) is 6.08 Å². The fourth-order valence-corrected chi connectivity index (χ4v) is 1.61. The molecule has 5 heteroatoms. The topological polar surface area (TPSA) is 40.5 Å². The zero-order valence-electron chi connectivity index (χ0n) is 9.07. The summed E-state index contributed by atoms with van der Waals surface area (Å²) in [6.45, 7) is 0. The van der Waals surface area contributed by atoms with Crippen molar-refractivity contribution in [3.05, 3.63) is 65.1 Å². The van der Waals surface area contributed by atoms with Crippen LogP contribution in [0.15, 0.2) is 54.0 Å². The molecular weight excluding hydrogens is 245 g/mol. The Hall–Kier alpha value is -2.17. The Morgan fingerprint density at radius 1 is 0.944 bits per heavy atom. The molecule has 0 spiro atoms. The molecule has 2 rings (SSSR count). The summed E-state index contributed by atoms with van der Waals surface area (Å²) in [5.41, 5.74) is 0.717. The number of rotatable bonds is 1. The molecule has 1 aromatic rings. The average molecular weight is 254 g/mol. The van der Waals surface area contributed by atoms with E-state index >= 15 is 0 Å². The van der Waals surface area contributed by atoms with Crippen LogP contribution in [0.25, 0.3) is 5.57 Å². The van der Waals surface area contributed by atoms with Gasteiger partial charge < -0.3 is 10.2 Å². The van der Waals surface area contributed by atoms with Crippen molar-refractivity contribution in [1.29, 1.82) is 0 Å². The third-order valence-electron chi connectivity index (χ3n) is 2.56. The molecule has 0 fully saturated rings. The molecule has 18 heavy (non-hydrogen) atoms. The van der Waals surface area contributed by atoms with E-state index in [0.717, 1.165) is 12.1 Å². The fraction of sp³-hybridized carbons (Fsp3) is 0.0769. The van der Waals surface area contributed by atoms with E-state index in [1.165, 1.54) is 24.3 Å². The third kappa shape index (κ3) is 2.40. The molecule has 0 heterocycles. The molecule has 0 unspecified atom stereocenters. The van der Waals surface area contributed by atoms with Gasteiger partial charge >= 0.3 is 6.18 Å². The van der Waals surface area contributed by atoms with Crippen LogP contribution in [0.3, 0.4) is 0 Å². The van der Waals surface area contributed by atoms with Gasteiger partial charge in [0.15, 0.2) is 0 Å². The van der Waals surface area contributed by atoms with Gasteiger partial charge in [-0.3, -0.25) is 0 Å². The Bertz CT molecular complexity index is 545. The van der Waals surface area contributed by atoms with Gasteiger partial charge in [0.25, 0.3) is 5.95 Å². The van der Waals surface area contributed by atoms with E-state index in [-0.39, 0.29) is 5.57 Å². The maximum atomic E-state index is 12.4. The zero-order chi connectivity index (χ0) is 13.3. The number of allylic oxidation sites excluding steroid dienone is 5. The number of halogens is 3. The highest BCUT2D eigenvalue weighted by Crippen LogP contribution is 2.31. The van der Waals surface area contributed by atoms with Crippen LogP contribution in [0.2, 0.25) is 0 Å². The summed E-state index contributed by atoms with van der Waals surface area (Å²) in [7, 11) is 0. The Labute approximate surface area is 101 Å². The normalized spacial score (nSPS) is 14.8. The molecule has 0 aromatic heterocycles. The molecule has 1 aliphatic rings. The summed E-state index contributed by atoms with van der Waals surface area (Å²) in [5, 5.41) is 17.7. The number of benzene rings is 1. The quantitative estimate of drug-likeness (QED) is 0.744. The predicted molar refractivity (Wildman–Crippen MR) is 60.8 cm³/mol. The van der Waals surface area contributed by atoms with Gasteiger partial charge in [-0.1, -0.05) is 18.2 Å². The van der Waals surface area contributed by atoms with Crippen LogP contribution < -0.4 is 0 Å². The lowest BCUT2D eigenvalue weighted by Gasteiger charge is -2.07. The minimum atomic E-state index is -4.35. The second kappa shape index (κ2) is 4.25. The van der Waals surface area contributed by atoms with Gasteiger partial charge in [-0.25, -0.2) is 0 Å². The van der Waals surface area contributed by atoms with Gasteiger partial charge in [0.05, 0.1) is 11.1 Å². The summed E-state index contributed by atoms with van der Waals surface area (Å²) < 4.78 is 37.1. The van der Waals surface area contributed by atoms with Crippen molar-refractivity contribution >= 4 is 5.57 Å². The van der Waals surface area contributed by atoms with Crippen molar-refractivity contribution < 1.29 is 23.4 Å². The van der Waals surface area contributed by atoms with Gasteiger partial charge in [-0.2, -0.15) is 13.2 Å². The van der Waals surface area contributed by atoms with Gasteiger partial charge in [0.2, 0.25) is 0 Å². The smallest absolute Gasteiger partial charge is 0.416 e. The Balaban J connectivity index is 2.31. The maximum absolute atomic E-state index is 12.4. The first-order chi connectivity index (χ1) is 8.38. The van der Waals surface area contributed by atoms with Crippen molar-refractivity contribution in [3.8, 4) is 0 Å². The van der Waals surface area contributed by atoms with Crippen molar-refractivity contribution in [1.82, 2.24) is 0 Å². The van der Waals surface area contributed by atoms with Crippen LogP contribution in [0.5, 0.6) is 0 Å². The molecule has 0 saturated heterocycles. The van der Waals surface area contributed by atoms with Crippen molar-refractivity contribution in [3.63, 3.8) is 0 Å². The average Bonchev–Trinajstić information content (AvgIpc) is 2.77. The number of aliphatic hydroxyl groups is 2. The lowest BCUT2D eigenvalue weighted by atomic mass is 10.0. The molecule has 0 aliphatic heterocycles. The van der Waals surface area contributed by atoms with Crippen molar-refractivity contribution in [2.75, 3.05) is 0 Å². The molecule has 0 saturated carbocycles. The van der Waals surface area contributed by atoms with E-state index in [4.69, 9.17) is 10.2 Å². The lowest BCUT2D eigenvalue weighted by molar-refractivity contribution is -0.137. The van der Waals surface area contributed by atoms with E-state index in [0.29, 0.717) is 11.1 Å². The van der Waals surface area contributed by atoms with Gasteiger partial charge in [-0.15, -0.1) is 0 Å². The standard InChI is InChI=1S/C13H9F3O2/c14-13(15,16)11-5-3-8(4-6-11)9-1-2-10(7-9)12(17)18/h1-7,17-18H. The van der Waals surface area contributed by atoms with Crippen LogP contribution in [0, 0.1) is 0 Å². The summed E-state index contributed by atoms with van der Waals surface area (Å²) >= 11 is 0. The van der Waals surface area contributed by atoms with Crippen LogP contribution in [0.1, 0.15) is 11.1 Å². The first-order valence-corrected chi connectivity index (χ1v) is 5.07. The lowest BCUT2D eigenvalue weighted by Crippen LogP contribution is -2.04. The number of aliphatic hydroxyl groups excluding tert-OH is 1. The summed E-state index contributed by atoms with van der Waals surface area (Å²) in [6.07, 6.45) is 0.206. The molecule has 1 aromatic carbocycles. The van der Waals surface area contributed by atoms with Gasteiger partial charge in [0, 0.05) is 0 Å². The first-order valence-electron chi connectivity index (χ1n) is 5.07. The predicted octanol–water partition coefficient (Wildman–Crippen LogP) is 3.99. The van der Waals surface area contributed by atoms with Crippen LogP contribution in [-0.4, -0.2) is 10.2 Å². The van der Waals surface area contributed by atoms with Gasteiger partial charge in [-0.05, 0) is 35.4 Å². The molecule has 0 atom stereocenters. The molecule has 2 N–H and O–H groups in total. The first kappa shape index (κ1) is 12.3. The van der Waals surface area contributed by atoms with E-state index < -0.39 is 17.7 Å². The molecule has 0 amide bonds.